The molecular weight excluding hydrogens is 329 g/mol. The van der Waals surface area contributed by atoms with Gasteiger partial charge >= 0.3 is 5.97 Å². The van der Waals surface area contributed by atoms with Gasteiger partial charge in [0.1, 0.15) is 18.0 Å². The third-order valence-electron chi connectivity index (χ3n) is 2.74. The van der Waals surface area contributed by atoms with Crippen LogP contribution in [0.1, 0.15) is 27.2 Å². The van der Waals surface area contributed by atoms with Crippen LogP contribution in [0.25, 0.3) is 0 Å². The van der Waals surface area contributed by atoms with Crippen molar-refractivity contribution in [2.45, 2.75) is 37.7 Å². The lowest BCUT2D eigenvalue weighted by Crippen LogP contribution is -2.42. The van der Waals surface area contributed by atoms with E-state index in [9.17, 15) is 9.18 Å². The van der Waals surface area contributed by atoms with Gasteiger partial charge in [-0.2, -0.15) is 0 Å². The maximum atomic E-state index is 12.8. The number of halogens is 1. The molecule has 2 N–H and O–H groups in total. The van der Waals surface area contributed by atoms with E-state index in [0.29, 0.717) is 5.96 Å². The second-order valence-electron chi connectivity index (χ2n) is 6.09. The molecule has 0 aromatic heterocycles. The van der Waals surface area contributed by atoms with E-state index < -0.39 is 5.60 Å². The number of hydrogen-bond donors (Lipinski definition) is 2. The molecule has 134 valence electrons. The van der Waals surface area contributed by atoms with Crippen LogP contribution >= 0.6 is 11.8 Å². The second kappa shape index (κ2) is 10.2. The van der Waals surface area contributed by atoms with E-state index in [2.05, 4.69) is 15.6 Å². The number of carbonyl (C=O) groups excluding carboxylic acids is 1. The molecule has 0 heterocycles. The summed E-state index contributed by atoms with van der Waals surface area (Å²) in [5.74, 6) is 0.924. The molecule has 0 spiro atoms. The number of aliphatic imine (C=N–C) groups is 1. The minimum atomic E-state index is -0.493. The molecule has 0 fully saturated rings. The van der Waals surface area contributed by atoms with Crippen molar-refractivity contribution in [3.05, 3.63) is 30.1 Å². The fourth-order valence-electron chi connectivity index (χ4n) is 1.75. The van der Waals surface area contributed by atoms with Gasteiger partial charge in [-0.3, -0.25) is 9.79 Å². The largest absolute Gasteiger partial charge is 0.459 e. The lowest BCUT2D eigenvalue weighted by atomic mass is 10.2. The third-order valence-corrected chi connectivity index (χ3v) is 3.84. The first-order chi connectivity index (χ1) is 11.3. The van der Waals surface area contributed by atoms with Gasteiger partial charge in [0.25, 0.3) is 0 Å². The molecule has 0 amide bonds. The van der Waals surface area contributed by atoms with Crippen LogP contribution in [0.5, 0.6) is 0 Å². The zero-order chi connectivity index (χ0) is 18.0. The SMILES string of the molecule is CN=C(NCCCSc1ccc(F)cc1)NCC(=O)OC(C)(C)C. The lowest BCUT2D eigenvalue weighted by Gasteiger charge is -2.20. The Morgan fingerprint density at radius 3 is 2.50 bits per heavy atom. The molecule has 1 aromatic carbocycles. The van der Waals surface area contributed by atoms with E-state index in [1.807, 2.05) is 20.8 Å². The number of ether oxygens (including phenoxy) is 1. The summed E-state index contributed by atoms with van der Waals surface area (Å²) in [7, 11) is 1.65. The Morgan fingerprint density at radius 2 is 1.92 bits per heavy atom. The molecule has 5 nitrogen and oxygen atoms in total. The van der Waals surface area contributed by atoms with Crippen LogP contribution in [0.4, 0.5) is 4.39 Å². The number of thioether (sulfide) groups is 1. The van der Waals surface area contributed by atoms with Crippen molar-refractivity contribution in [1.82, 2.24) is 10.6 Å². The molecule has 1 rings (SSSR count). The summed E-state index contributed by atoms with van der Waals surface area (Å²) >= 11 is 1.67. The molecule has 0 aliphatic heterocycles. The second-order valence-corrected chi connectivity index (χ2v) is 7.26. The molecule has 0 aliphatic carbocycles. The Labute approximate surface area is 147 Å². The molecule has 0 aliphatic rings. The van der Waals surface area contributed by atoms with E-state index in [1.165, 1.54) is 12.1 Å². The Balaban J connectivity index is 2.18. The van der Waals surface area contributed by atoms with Gasteiger partial charge in [0.2, 0.25) is 0 Å². The predicted octanol–water partition coefficient (Wildman–Crippen LogP) is 2.81. The van der Waals surface area contributed by atoms with Gasteiger partial charge < -0.3 is 15.4 Å². The van der Waals surface area contributed by atoms with Crippen molar-refractivity contribution in [2.75, 3.05) is 25.9 Å². The zero-order valence-corrected chi connectivity index (χ0v) is 15.5. The summed E-state index contributed by atoms with van der Waals surface area (Å²) in [4.78, 5) is 16.7. The number of nitrogens with one attached hydrogen (secondary N) is 2. The molecule has 0 bridgehead atoms. The maximum absolute atomic E-state index is 12.8. The lowest BCUT2D eigenvalue weighted by molar-refractivity contribution is -0.153. The van der Waals surface area contributed by atoms with Crippen molar-refractivity contribution in [3.8, 4) is 0 Å². The summed E-state index contributed by atoms with van der Waals surface area (Å²) in [6, 6.07) is 6.47. The van der Waals surface area contributed by atoms with Crippen LogP contribution in [0.2, 0.25) is 0 Å². The van der Waals surface area contributed by atoms with Gasteiger partial charge in [0.15, 0.2) is 5.96 Å². The minimum Gasteiger partial charge on any atom is -0.459 e. The number of rotatable bonds is 7. The third kappa shape index (κ3) is 9.39. The average Bonchev–Trinajstić information content (AvgIpc) is 2.50. The zero-order valence-electron chi connectivity index (χ0n) is 14.7. The summed E-state index contributed by atoms with van der Waals surface area (Å²) < 4.78 is 18.0. The van der Waals surface area contributed by atoms with Gasteiger partial charge in [0, 0.05) is 18.5 Å². The highest BCUT2D eigenvalue weighted by Crippen LogP contribution is 2.18. The monoisotopic (exact) mass is 355 g/mol. The van der Waals surface area contributed by atoms with Gasteiger partial charge in [-0.15, -0.1) is 11.8 Å². The maximum Gasteiger partial charge on any atom is 0.325 e. The highest BCUT2D eigenvalue weighted by molar-refractivity contribution is 7.99. The summed E-state index contributed by atoms with van der Waals surface area (Å²) in [5, 5.41) is 6.06. The number of guanidine groups is 1. The number of benzene rings is 1. The van der Waals surface area contributed by atoms with Gasteiger partial charge in [-0.1, -0.05) is 0 Å². The summed E-state index contributed by atoms with van der Waals surface area (Å²) in [5.41, 5.74) is -0.493. The fraction of sp³-hybridized carbons (Fsp3) is 0.529. The molecule has 0 atom stereocenters. The highest BCUT2D eigenvalue weighted by atomic mass is 32.2. The average molecular weight is 355 g/mol. The number of esters is 1. The molecule has 1 aromatic rings. The molecule has 0 saturated heterocycles. The smallest absolute Gasteiger partial charge is 0.325 e. The minimum absolute atomic E-state index is 0.0707. The quantitative estimate of drug-likeness (QED) is 0.259. The van der Waals surface area contributed by atoms with E-state index >= 15 is 0 Å². The molecule has 24 heavy (non-hydrogen) atoms. The van der Waals surface area contributed by atoms with Crippen LogP contribution in [0.15, 0.2) is 34.2 Å². The Hall–Kier alpha value is -1.76. The van der Waals surface area contributed by atoms with Crippen molar-refractivity contribution in [1.29, 1.82) is 0 Å². The van der Waals surface area contributed by atoms with Gasteiger partial charge in [-0.25, -0.2) is 4.39 Å². The molecular formula is C17H26FN3O2S. The van der Waals surface area contributed by atoms with Crippen molar-refractivity contribution < 1.29 is 13.9 Å². The first-order valence-corrected chi connectivity index (χ1v) is 8.83. The Morgan fingerprint density at radius 1 is 1.25 bits per heavy atom. The first-order valence-electron chi connectivity index (χ1n) is 7.85. The summed E-state index contributed by atoms with van der Waals surface area (Å²) in [6.45, 7) is 6.29. The number of nitrogens with zero attached hydrogens (tertiary/aromatic N) is 1. The van der Waals surface area contributed by atoms with Gasteiger partial charge in [-0.05, 0) is 57.2 Å². The predicted molar refractivity (Wildman–Crippen MR) is 97.0 cm³/mol. The topological polar surface area (TPSA) is 62.7 Å². The van der Waals surface area contributed by atoms with Crippen molar-refractivity contribution in [3.63, 3.8) is 0 Å². The molecule has 0 saturated carbocycles. The van der Waals surface area contributed by atoms with Crippen LogP contribution < -0.4 is 10.6 Å². The van der Waals surface area contributed by atoms with Crippen LogP contribution in [0, 0.1) is 5.82 Å². The van der Waals surface area contributed by atoms with E-state index in [0.717, 1.165) is 23.6 Å². The number of carbonyl (C=O) groups is 1. The van der Waals surface area contributed by atoms with Crippen LogP contribution in [0.3, 0.4) is 0 Å². The highest BCUT2D eigenvalue weighted by Gasteiger charge is 2.16. The number of hydrogen-bond acceptors (Lipinski definition) is 4. The standard InChI is InChI=1S/C17H26FN3O2S/c1-17(2,3)23-15(22)12-21-16(19-4)20-10-5-11-24-14-8-6-13(18)7-9-14/h6-9H,5,10-12H2,1-4H3,(H2,19,20,21). The van der Waals surface area contributed by atoms with Crippen molar-refractivity contribution in [2.24, 2.45) is 4.99 Å². The first kappa shape index (κ1) is 20.3. The molecule has 0 radical (unpaired) electrons. The normalized spacial score (nSPS) is 12.0. The van der Waals surface area contributed by atoms with E-state index in [-0.39, 0.29) is 18.3 Å². The van der Waals surface area contributed by atoms with Crippen LogP contribution in [-0.4, -0.2) is 43.4 Å². The Bertz CT molecular complexity index is 542. The van der Waals surface area contributed by atoms with Gasteiger partial charge in [0.05, 0.1) is 0 Å². The molecule has 7 heteroatoms. The van der Waals surface area contributed by atoms with Crippen LogP contribution in [-0.2, 0) is 9.53 Å². The van der Waals surface area contributed by atoms with Crippen molar-refractivity contribution >= 4 is 23.7 Å². The fourth-order valence-corrected chi connectivity index (χ4v) is 2.61. The Kier molecular flexibility index (Phi) is 8.60. The molecule has 0 unspecified atom stereocenters. The summed E-state index contributed by atoms with van der Waals surface area (Å²) in [6.07, 6.45) is 0.912. The van der Waals surface area contributed by atoms with E-state index in [1.54, 1.807) is 30.9 Å². The van der Waals surface area contributed by atoms with E-state index in [4.69, 9.17) is 4.74 Å².